The van der Waals surface area contributed by atoms with Crippen molar-refractivity contribution in [2.24, 2.45) is 0 Å². The molecule has 0 aliphatic rings. The van der Waals surface area contributed by atoms with E-state index in [2.05, 4.69) is 177 Å². The summed E-state index contributed by atoms with van der Waals surface area (Å²) in [5.74, 6) is -0.237. The Hall–Kier alpha value is -4.14. The first-order valence-electron chi connectivity index (χ1n) is 30.0. The Labute approximate surface area is 473 Å². The van der Waals surface area contributed by atoms with E-state index in [0.717, 1.165) is 109 Å². The molecule has 0 fully saturated rings. The second kappa shape index (κ2) is 56.6. The summed E-state index contributed by atoms with van der Waals surface area (Å²) in [4.78, 5) is 23.3. The molecule has 0 spiro atoms. The molecule has 0 aromatic rings. The first kappa shape index (κ1) is 72.9. The topological polar surface area (TPSA) is 105 Å². The summed E-state index contributed by atoms with van der Waals surface area (Å²) in [5.41, 5.74) is 0. The maximum Gasteiger partial charge on any atom is 0.472 e. The van der Waals surface area contributed by atoms with Crippen molar-refractivity contribution >= 4 is 13.7 Å². The number of phosphoric acid groups is 1. The minimum atomic E-state index is -4.38. The van der Waals surface area contributed by atoms with Crippen molar-refractivity contribution in [3.05, 3.63) is 170 Å². The summed E-state index contributed by atoms with van der Waals surface area (Å²) in [6, 6.07) is -0.900. The number of quaternary nitrogens is 1. The minimum absolute atomic E-state index is 0.0381. The summed E-state index contributed by atoms with van der Waals surface area (Å²) in [5, 5.41) is 13.9. The fourth-order valence-electron chi connectivity index (χ4n) is 7.51. The highest BCUT2D eigenvalue weighted by molar-refractivity contribution is 7.47. The lowest BCUT2D eigenvalue weighted by Gasteiger charge is -2.25. The van der Waals surface area contributed by atoms with Crippen LogP contribution in [0.3, 0.4) is 0 Å². The molecule has 0 radical (unpaired) electrons. The van der Waals surface area contributed by atoms with Crippen molar-refractivity contribution in [2.75, 3.05) is 40.9 Å². The molecular weight excluding hydrogens is 972 g/mol. The maximum absolute atomic E-state index is 13.0. The van der Waals surface area contributed by atoms with Crippen LogP contribution in [0.15, 0.2) is 170 Å². The van der Waals surface area contributed by atoms with Gasteiger partial charge in [-0.1, -0.05) is 242 Å². The SMILES string of the molecule is CC/C=C\C/C=C\C/C=C\C/C=C\C/C=C\C/C=C\C/C=C\C/C=C\C/C=C\C/C=C\C/C=C\C/C=C\CCCCC(=O)NC(COP(=O)(O)OCC[N+](C)(C)C)C(O)/C=C/CC/C=C/CCCCCCCCCCCC. The molecule has 0 aromatic heterocycles. The zero-order valence-electron chi connectivity index (χ0n) is 49.4. The van der Waals surface area contributed by atoms with E-state index in [1.54, 1.807) is 6.08 Å². The second-order valence-corrected chi connectivity index (χ2v) is 22.1. The number of nitrogens with one attached hydrogen (secondary N) is 1. The fourth-order valence-corrected chi connectivity index (χ4v) is 8.24. The number of carbonyl (C=O) groups excluding carboxylic acids is 1. The Balaban J connectivity index is 4.31. The number of rotatable bonds is 52. The number of aliphatic hydroxyl groups excluding tert-OH is 1. The number of nitrogens with zero attached hydrogens (tertiary/aromatic N) is 1. The molecule has 0 aliphatic carbocycles. The number of aliphatic hydroxyl groups is 1. The summed E-state index contributed by atoms with van der Waals surface area (Å²) in [7, 11) is 1.50. The van der Waals surface area contributed by atoms with E-state index in [1.165, 1.54) is 64.2 Å². The molecule has 0 aromatic carbocycles. The Morgan fingerprint density at radius 2 is 0.792 bits per heavy atom. The highest BCUT2D eigenvalue weighted by Gasteiger charge is 2.27. The lowest BCUT2D eigenvalue weighted by molar-refractivity contribution is -0.870. The maximum atomic E-state index is 13.0. The number of amides is 1. The largest absolute Gasteiger partial charge is 0.472 e. The van der Waals surface area contributed by atoms with E-state index in [4.69, 9.17) is 9.05 Å². The number of likely N-dealkylation sites (N-methyl/N-ethyl adjacent to an activating group) is 1. The molecule has 1 amide bonds. The summed E-state index contributed by atoms with van der Waals surface area (Å²) < 4.78 is 23.6. The van der Waals surface area contributed by atoms with Crippen LogP contribution in [0.5, 0.6) is 0 Å². The minimum Gasteiger partial charge on any atom is -0.387 e. The van der Waals surface area contributed by atoms with Gasteiger partial charge in [0.05, 0.1) is 39.9 Å². The monoisotopic (exact) mass is 1080 g/mol. The molecule has 77 heavy (non-hydrogen) atoms. The van der Waals surface area contributed by atoms with Crippen LogP contribution in [0, 0.1) is 0 Å². The molecule has 0 saturated heterocycles. The smallest absolute Gasteiger partial charge is 0.387 e. The Bertz CT molecular complexity index is 1850. The quantitative estimate of drug-likeness (QED) is 0.0243. The molecular formula is C68H112N2O6P+. The van der Waals surface area contributed by atoms with Crippen molar-refractivity contribution in [2.45, 2.75) is 212 Å². The van der Waals surface area contributed by atoms with E-state index >= 15 is 0 Å². The molecule has 9 heteroatoms. The molecule has 0 bridgehead atoms. The van der Waals surface area contributed by atoms with Crippen molar-refractivity contribution in [1.82, 2.24) is 5.32 Å². The number of hydrogen-bond donors (Lipinski definition) is 3. The molecule has 0 saturated carbocycles. The van der Waals surface area contributed by atoms with E-state index in [-0.39, 0.29) is 25.5 Å². The zero-order chi connectivity index (χ0) is 56.3. The van der Waals surface area contributed by atoms with Gasteiger partial charge < -0.3 is 19.8 Å². The Morgan fingerprint density at radius 3 is 1.19 bits per heavy atom. The van der Waals surface area contributed by atoms with Crippen LogP contribution in [0.25, 0.3) is 0 Å². The van der Waals surface area contributed by atoms with Crippen molar-refractivity contribution in [1.29, 1.82) is 0 Å². The molecule has 0 rings (SSSR count). The van der Waals surface area contributed by atoms with E-state index in [1.807, 2.05) is 27.2 Å². The van der Waals surface area contributed by atoms with Crippen LogP contribution in [0.4, 0.5) is 0 Å². The van der Waals surface area contributed by atoms with Gasteiger partial charge in [-0.05, 0) is 122 Å². The van der Waals surface area contributed by atoms with Gasteiger partial charge in [0.1, 0.15) is 13.2 Å². The normalized spacial score (nSPS) is 15.1. The third kappa shape index (κ3) is 59.4. The summed E-state index contributed by atoms with van der Waals surface area (Å²) in [6.45, 7) is 4.62. The van der Waals surface area contributed by atoms with Crippen LogP contribution in [-0.4, -0.2) is 73.4 Å². The Morgan fingerprint density at radius 1 is 0.455 bits per heavy atom. The van der Waals surface area contributed by atoms with Crippen LogP contribution >= 0.6 is 7.82 Å². The molecule has 3 N–H and O–H groups in total. The standard InChI is InChI=1S/C68H111N2O6P/c1-6-8-10-12-14-16-18-20-22-24-25-26-27-28-29-30-31-32-33-34-35-36-37-38-39-40-41-42-43-44-45-46-48-50-52-54-56-58-60-62-68(72)69-66(65-76-77(73,74)75-64-63-70(3,4)5)67(71)61-59-57-55-53-51-49-47-23-21-19-17-15-13-11-9-7-2/h8,10,14,16,20,22,25-26,28-29,31-32,34-35,37-38,40-41,43-44,46,48,51-54,59,61,66-67,71H,6-7,9,11-13,15,17-19,21,23-24,27,30,33,36,39,42,45,47,49-50,55-58,60,62-65H2,1-5H3,(H-,69,72,73,74)/p+1/b10-8-,16-14-,22-20-,26-25-,29-28-,32-31-,35-34-,38-37-,41-40-,44-43-,48-46-,53-51+,54-52-,61-59+. The average molecular weight is 1080 g/mol. The van der Waals surface area contributed by atoms with Gasteiger partial charge in [-0.3, -0.25) is 13.8 Å². The van der Waals surface area contributed by atoms with E-state index in [0.29, 0.717) is 17.4 Å². The lowest BCUT2D eigenvalue weighted by Crippen LogP contribution is -2.45. The van der Waals surface area contributed by atoms with Gasteiger partial charge in [-0.2, -0.15) is 0 Å². The Kier molecular flexibility index (Phi) is 53.5. The highest BCUT2D eigenvalue weighted by atomic mass is 31.2. The van der Waals surface area contributed by atoms with Crippen molar-refractivity contribution < 1.29 is 32.9 Å². The highest BCUT2D eigenvalue weighted by Crippen LogP contribution is 2.43. The molecule has 434 valence electrons. The second-order valence-electron chi connectivity index (χ2n) is 20.6. The molecule has 8 nitrogen and oxygen atoms in total. The van der Waals surface area contributed by atoms with E-state index in [9.17, 15) is 19.4 Å². The average Bonchev–Trinajstić information content (AvgIpc) is 3.39. The van der Waals surface area contributed by atoms with Crippen LogP contribution < -0.4 is 5.32 Å². The summed E-state index contributed by atoms with van der Waals surface area (Å²) in [6.07, 6.45) is 90.4. The lowest BCUT2D eigenvalue weighted by atomic mass is 10.1. The van der Waals surface area contributed by atoms with Crippen molar-refractivity contribution in [3.8, 4) is 0 Å². The van der Waals surface area contributed by atoms with Gasteiger partial charge in [0.15, 0.2) is 0 Å². The van der Waals surface area contributed by atoms with Crippen LogP contribution in [-0.2, 0) is 18.4 Å². The predicted molar refractivity (Wildman–Crippen MR) is 336 cm³/mol. The van der Waals surface area contributed by atoms with Gasteiger partial charge >= 0.3 is 7.82 Å². The number of allylic oxidation sites excluding steroid dienone is 27. The summed E-state index contributed by atoms with van der Waals surface area (Å²) >= 11 is 0. The van der Waals surface area contributed by atoms with Gasteiger partial charge in [0.25, 0.3) is 0 Å². The molecule has 0 aliphatic heterocycles. The third-order valence-corrected chi connectivity index (χ3v) is 13.2. The van der Waals surface area contributed by atoms with Crippen molar-refractivity contribution in [3.63, 3.8) is 0 Å². The number of phosphoric ester groups is 1. The van der Waals surface area contributed by atoms with E-state index < -0.39 is 20.0 Å². The molecule has 0 heterocycles. The van der Waals surface area contributed by atoms with Gasteiger partial charge in [-0.15, -0.1) is 0 Å². The number of carbonyl (C=O) groups is 1. The predicted octanol–water partition coefficient (Wildman–Crippen LogP) is 18.8. The molecule has 3 atom stereocenters. The number of hydrogen-bond acceptors (Lipinski definition) is 5. The van der Waals surface area contributed by atoms with Gasteiger partial charge in [0.2, 0.25) is 5.91 Å². The third-order valence-electron chi connectivity index (χ3n) is 12.2. The van der Waals surface area contributed by atoms with Gasteiger partial charge in [0, 0.05) is 6.42 Å². The zero-order valence-corrected chi connectivity index (χ0v) is 50.3. The first-order chi connectivity index (χ1) is 37.5. The van der Waals surface area contributed by atoms with Crippen LogP contribution in [0.2, 0.25) is 0 Å². The molecule has 3 unspecified atom stereocenters. The van der Waals surface area contributed by atoms with Gasteiger partial charge in [-0.25, -0.2) is 4.57 Å². The first-order valence-corrected chi connectivity index (χ1v) is 31.5. The fraction of sp³-hybridized carbons (Fsp3) is 0.574. The number of unbranched alkanes of at least 4 members (excludes halogenated alkanes) is 13. The van der Waals surface area contributed by atoms with Crippen LogP contribution in [0.1, 0.15) is 200 Å².